The average molecular weight is 196 g/mol. The van der Waals surface area contributed by atoms with Gasteiger partial charge in [0.1, 0.15) is 11.9 Å². The summed E-state index contributed by atoms with van der Waals surface area (Å²) < 4.78 is 5.68. The Kier molecular flexibility index (Phi) is 2.58. The van der Waals surface area contributed by atoms with Gasteiger partial charge in [-0.25, -0.2) is 0 Å². The fraction of sp³-hybridized carbons (Fsp3) is 0.667. The molecule has 1 aromatic heterocycles. The van der Waals surface area contributed by atoms with Gasteiger partial charge in [0.05, 0.1) is 0 Å². The monoisotopic (exact) mass is 196 g/mol. The molecule has 0 amide bonds. The first-order valence-corrected chi connectivity index (χ1v) is 4.90. The van der Waals surface area contributed by atoms with E-state index in [-0.39, 0.29) is 6.10 Å². The van der Waals surface area contributed by atoms with Gasteiger partial charge in [-0.15, -0.1) is 5.10 Å². The van der Waals surface area contributed by atoms with Crippen molar-refractivity contribution in [1.82, 2.24) is 15.1 Å². The van der Waals surface area contributed by atoms with Crippen molar-refractivity contribution < 1.29 is 4.74 Å². The quantitative estimate of drug-likeness (QED) is 0.721. The molecule has 0 saturated carbocycles. The lowest BCUT2D eigenvalue weighted by Gasteiger charge is -2.28. The number of hydrogen-bond donors (Lipinski definition) is 2. The minimum absolute atomic E-state index is 0.286. The molecule has 78 valence electrons. The van der Waals surface area contributed by atoms with Gasteiger partial charge in [0.15, 0.2) is 0 Å². The number of nitrogen functional groups attached to an aromatic ring is 1. The lowest BCUT2D eigenvalue weighted by atomic mass is 10.1. The third kappa shape index (κ3) is 2.17. The highest BCUT2D eigenvalue weighted by Crippen LogP contribution is 2.17. The molecule has 1 fully saturated rings. The van der Waals surface area contributed by atoms with Crippen LogP contribution in [0.3, 0.4) is 0 Å². The first-order chi connectivity index (χ1) is 6.74. The van der Waals surface area contributed by atoms with E-state index < -0.39 is 0 Å². The van der Waals surface area contributed by atoms with Crippen molar-refractivity contribution >= 4 is 5.82 Å². The van der Waals surface area contributed by atoms with Gasteiger partial charge in [0.25, 0.3) is 0 Å². The molecule has 1 aliphatic heterocycles. The molecular weight excluding hydrogens is 180 g/mol. The number of hydrogen-bond acceptors (Lipinski definition) is 4. The molecule has 0 radical (unpaired) electrons. The van der Waals surface area contributed by atoms with E-state index in [2.05, 4.69) is 22.1 Å². The number of ether oxygens (including phenoxy) is 1. The number of aromatic amines is 1. The van der Waals surface area contributed by atoms with E-state index >= 15 is 0 Å². The zero-order valence-corrected chi connectivity index (χ0v) is 8.36. The molecule has 14 heavy (non-hydrogen) atoms. The molecule has 0 bridgehead atoms. The van der Waals surface area contributed by atoms with Gasteiger partial charge >= 0.3 is 0 Å². The summed E-state index contributed by atoms with van der Waals surface area (Å²) in [4.78, 5) is 2.30. The van der Waals surface area contributed by atoms with Crippen molar-refractivity contribution in [1.29, 1.82) is 0 Å². The van der Waals surface area contributed by atoms with Gasteiger partial charge in [-0.05, 0) is 19.9 Å². The number of rotatable bonds is 2. The SMILES string of the molecule is CN1CCC(Oc2cc(N)[nH]n2)CC1. The van der Waals surface area contributed by atoms with E-state index in [1.807, 2.05) is 0 Å². The maximum Gasteiger partial charge on any atom is 0.234 e. The second-order valence-electron chi connectivity index (χ2n) is 3.78. The van der Waals surface area contributed by atoms with Crippen molar-refractivity contribution in [2.24, 2.45) is 0 Å². The maximum atomic E-state index is 5.68. The molecule has 5 nitrogen and oxygen atoms in total. The van der Waals surface area contributed by atoms with Crippen LogP contribution < -0.4 is 10.5 Å². The second kappa shape index (κ2) is 3.88. The Labute approximate surface area is 83.2 Å². The van der Waals surface area contributed by atoms with Gasteiger partial charge in [-0.1, -0.05) is 0 Å². The number of likely N-dealkylation sites (tertiary alicyclic amines) is 1. The molecule has 1 aliphatic rings. The molecular formula is C9H16N4O. The van der Waals surface area contributed by atoms with E-state index in [1.54, 1.807) is 6.07 Å². The molecule has 3 N–H and O–H groups in total. The Hall–Kier alpha value is -1.23. The third-order valence-electron chi connectivity index (χ3n) is 2.53. The summed E-state index contributed by atoms with van der Waals surface area (Å²) in [5.41, 5.74) is 5.50. The molecule has 1 saturated heterocycles. The molecule has 0 unspecified atom stereocenters. The number of nitrogens with one attached hydrogen (secondary N) is 1. The lowest BCUT2D eigenvalue weighted by molar-refractivity contribution is 0.110. The first kappa shape index (κ1) is 9.33. The highest BCUT2D eigenvalue weighted by Gasteiger charge is 2.18. The summed E-state index contributed by atoms with van der Waals surface area (Å²) in [5.74, 6) is 1.16. The minimum Gasteiger partial charge on any atom is -0.473 e. The molecule has 0 spiro atoms. The summed E-state index contributed by atoms with van der Waals surface area (Å²) in [7, 11) is 2.13. The van der Waals surface area contributed by atoms with Crippen LogP contribution in [0.5, 0.6) is 5.88 Å². The molecule has 0 aliphatic carbocycles. The number of aromatic nitrogens is 2. The smallest absolute Gasteiger partial charge is 0.234 e. The van der Waals surface area contributed by atoms with Crippen LogP contribution in [0.1, 0.15) is 12.8 Å². The Bertz CT molecular complexity index is 291. The van der Waals surface area contributed by atoms with E-state index in [0.717, 1.165) is 25.9 Å². The van der Waals surface area contributed by atoms with Crippen molar-refractivity contribution in [3.63, 3.8) is 0 Å². The number of nitrogens with zero attached hydrogens (tertiary/aromatic N) is 2. The number of anilines is 1. The third-order valence-corrected chi connectivity index (χ3v) is 2.53. The topological polar surface area (TPSA) is 67.2 Å². The van der Waals surface area contributed by atoms with Crippen LogP contribution in [-0.2, 0) is 0 Å². The van der Waals surface area contributed by atoms with Crippen LogP contribution in [0, 0.1) is 0 Å². The van der Waals surface area contributed by atoms with Crippen LogP contribution in [0.25, 0.3) is 0 Å². The van der Waals surface area contributed by atoms with E-state index in [0.29, 0.717) is 11.7 Å². The van der Waals surface area contributed by atoms with Crippen molar-refractivity contribution in [2.75, 3.05) is 25.9 Å². The summed E-state index contributed by atoms with van der Waals surface area (Å²) >= 11 is 0. The normalized spacial score (nSPS) is 19.8. The fourth-order valence-corrected chi connectivity index (χ4v) is 1.65. The van der Waals surface area contributed by atoms with E-state index in [9.17, 15) is 0 Å². The lowest BCUT2D eigenvalue weighted by Crippen LogP contribution is -2.35. The molecule has 5 heteroatoms. The van der Waals surface area contributed by atoms with Crippen molar-refractivity contribution in [2.45, 2.75) is 18.9 Å². The fourth-order valence-electron chi connectivity index (χ4n) is 1.65. The van der Waals surface area contributed by atoms with Crippen LogP contribution in [-0.4, -0.2) is 41.3 Å². The highest BCUT2D eigenvalue weighted by molar-refractivity contribution is 5.31. The number of nitrogens with two attached hydrogens (primary N) is 1. The van der Waals surface area contributed by atoms with Gasteiger partial charge in [0.2, 0.25) is 5.88 Å². The van der Waals surface area contributed by atoms with Gasteiger partial charge in [-0.3, -0.25) is 5.10 Å². The average Bonchev–Trinajstić information content (AvgIpc) is 2.56. The van der Waals surface area contributed by atoms with Crippen LogP contribution in [0.15, 0.2) is 6.07 Å². The summed E-state index contributed by atoms with van der Waals surface area (Å²) in [6.07, 6.45) is 2.40. The van der Waals surface area contributed by atoms with Gasteiger partial charge in [-0.2, -0.15) is 0 Å². The summed E-state index contributed by atoms with van der Waals surface area (Å²) in [6, 6.07) is 1.72. The van der Waals surface area contributed by atoms with Crippen LogP contribution >= 0.6 is 0 Å². The second-order valence-corrected chi connectivity index (χ2v) is 3.78. The largest absolute Gasteiger partial charge is 0.473 e. The minimum atomic E-state index is 0.286. The Balaban J connectivity index is 1.86. The van der Waals surface area contributed by atoms with Crippen LogP contribution in [0.4, 0.5) is 5.82 Å². The van der Waals surface area contributed by atoms with Gasteiger partial charge in [0, 0.05) is 19.2 Å². The van der Waals surface area contributed by atoms with Crippen molar-refractivity contribution in [3.8, 4) is 5.88 Å². The summed E-state index contributed by atoms with van der Waals surface area (Å²) in [5, 5.41) is 6.60. The van der Waals surface area contributed by atoms with Gasteiger partial charge < -0.3 is 15.4 Å². The highest BCUT2D eigenvalue weighted by atomic mass is 16.5. The molecule has 0 aromatic carbocycles. The first-order valence-electron chi connectivity index (χ1n) is 4.90. The standard InChI is InChI=1S/C9H16N4O/c1-13-4-2-7(3-5-13)14-9-6-8(10)11-12-9/h6-7H,2-5H2,1H3,(H3,10,11,12). The predicted octanol–water partition coefficient (Wildman–Crippen LogP) is 0.465. The zero-order chi connectivity index (χ0) is 9.97. The maximum absolute atomic E-state index is 5.68. The molecule has 2 heterocycles. The number of piperidine rings is 1. The number of H-pyrrole nitrogens is 1. The Morgan fingerprint density at radius 2 is 2.29 bits per heavy atom. The molecule has 2 rings (SSSR count). The van der Waals surface area contributed by atoms with Crippen molar-refractivity contribution in [3.05, 3.63) is 6.07 Å². The Morgan fingerprint density at radius 1 is 1.57 bits per heavy atom. The van der Waals surface area contributed by atoms with E-state index in [1.165, 1.54) is 0 Å². The predicted molar refractivity (Wildman–Crippen MR) is 54.1 cm³/mol. The molecule has 0 atom stereocenters. The van der Waals surface area contributed by atoms with E-state index in [4.69, 9.17) is 10.5 Å². The molecule has 1 aromatic rings. The van der Waals surface area contributed by atoms with Crippen LogP contribution in [0.2, 0.25) is 0 Å². The Morgan fingerprint density at radius 3 is 2.86 bits per heavy atom. The zero-order valence-electron chi connectivity index (χ0n) is 8.36. The summed E-state index contributed by atoms with van der Waals surface area (Å²) in [6.45, 7) is 2.18.